The standard InChI is InChI=1S/C17H16N2O2S/c1-3-21-13-9-10-14-15(11-13)22-17(19(14)2)18-16(20)12-7-5-4-6-8-12/h4-11H,3H2,1-2H3. The fraction of sp³-hybridized carbons (Fsp3) is 0.176. The maximum absolute atomic E-state index is 12.2. The van der Waals surface area contributed by atoms with Gasteiger partial charge >= 0.3 is 0 Å². The molecular formula is C17H16N2O2S. The smallest absolute Gasteiger partial charge is 0.279 e. The molecule has 0 N–H and O–H groups in total. The molecule has 0 spiro atoms. The summed E-state index contributed by atoms with van der Waals surface area (Å²) in [6.07, 6.45) is 0. The molecule has 0 saturated heterocycles. The van der Waals surface area contributed by atoms with E-state index in [1.54, 1.807) is 12.1 Å². The lowest BCUT2D eigenvalue weighted by Crippen LogP contribution is -2.13. The minimum absolute atomic E-state index is 0.229. The number of amides is 1. The van der Waals surface area contributed by atoms with Crippen LogP contribution >= 0.6 is 11.3 Å². The van der Waals surface area contributed by atoms with Crippen LogP contribution in [-0.4, -0.2) is 17.1 Å². The predicted octanol–water partition coefficient (Wildman–Crippen LogP) is 3.38. The number of benzene rings is 2. The second-order valence-electron chi connectivity index (χ2n) is 4.79. The van der Waals surface area contributed by atoms with Crippen molar-refractivity contribution in [2.45, 2.75) is 6.92 Å². The van der Waals surface area contributed by atoms with Crippen molar-refractivity contribution in [1.82, 2.24) is 4.57 Å². The van der Waals surface area contributed by atoms with E-state index in [2.05, 4.69) is 4.99 Å². The number of aromatic nitrogens is 1. The Morgan fingerprint density at radius 3 is 2.73 bits per heavy atom. The minimum Gasteiger partial charge on any atom is -0.494 e. The van der Waals surface area contributed by atoms with Crippen molar-refractivity contribution in [3.8, 4) is 5.75 Å². The Morgan fingerprint density at radius 1 is 1.23 bits per heavy atom. The first-order valence-corrected chi connectivity index (χ1v) is 7.87. The first-order chi connectivity index (χ1) is 10.7. The zero-order chi connectivity index (χ0) is 15.5. The van der Waals surface area contributed by atoms with Gasteiger partial charge in [-0.15, -0.1) is 0 Å². The SMILES string of the molecule is CCOc1ccc2c(c1)sc(=NC(=O)c1ccccc1)n2C. The van der Waals surface area contributed by atoms with Gasteiger partial charge in [0.05, 0.1) is 16.8 Å². The Balaban J connectivity index is 2.05. The zero-order valence-electron chi connectivity index (χ0n) is 12.4. The average molecular weight is 312 g/mol. The fourth-order valence-corrected chi connectivity index (χ4v) is 3.25. The van der Waals surface area contributed by atoms with E-state index >= 15 is 0 Å². The highest BCUT2D eigenvalue weighted by Crippen LogP contribution is 2.22. The van der Waals surface area contributed by atoms with Crippen molar-refractivity contribution in [2.24, 2.45) is 12.0 Å². The summed E-state index contributed by atoms with van der Waals surface area (Å²) in [5.74, 6) is 0.602. The molecule has 2 aromatic carbocycles. The van der Waals surface area contributed by atoms with E-state index in [1.807, 2.05) is 54.9 Å². The van der Waals surface area contributed by atoms with Gasteiger partial charge < -0.3 is 9.30 Å². The summed E-state index contributed by atoms with van der Waals surface area (Å²) in [6, 6.07) is 15.0. The van der Waals surface area contributed by atoms with Crippen LogP contribution in [0.25, 0.3) is 10.2 Å². The molecule has 0 saturated carbocycles. The summed E-state index contributed by atoms with van der Waals surface area (Å²) in [7, 11) is 1.91. The minimum atomic E-state index is -0.229. The van der Waals surface area contributed by atoms with E-state index in [4.69, 9.17) is 4.74 Å². The molecule has 3 aromatic rings. The Labute approximate surface area is 132 Å². The van der Waals surface area contributed by atoms with Crippen LogP contribution in [0.4, 0.5) is 0 Å². The van der Waals surface area contributed by atoms with Crippen LogP contribution in [0.5, 0.6) is 5.75 Å². The number of carbonyl (C=O) groups excluding carboxylic acids is 1. The van der Waals surface area contributed by atoms with E-state index in [-0.39, 0.29) is 5.91 Å². The van der Waals surface area contributed by atoms with Crippen LogP contribution in [0.1, 0.15) is 17.3 Å². The maximum Gasteiger partial charge on any atom is 0.279 e. The summed E-state index contributed by atoms with van der Waals surface area (Å²) in [6.45, 7) is 2.59. The molecule has 4 nitrogen and oxygen atoms in total. The molecule has 0 unspecified atom stereocenters. The van der Waals surface area contributed by atoms with E-state index < -0.39 is 0 Å². The number of hydrogen-bond donors (Lipinski definition) is 0. The van der Waals surface area contributed by atoms with Gasteiger partial charge in [-0.3, -0.25) is 4.79 Å². The van der Waals surface area contributed by atoms with Crippen molar-refractivity contribution in [2.75, 3.05) is 6.61 Å². The first-order valence-electron chi connectivity index (χ1n) is 7.05. The van der Waals surface area contributed by atoms with Gasteiger partial charge in [0, 0.05) is 12.6 Å². The Morgan fingerprint density at radius 2 is 2.00 bits per heavy atom. The van der Waals surface area contributed by atoms with Crippen molar-refractivity contribution >= 4 is 27.5 Å². The van der Waals surface area contributed by atoms with Crippen LogP contribution in [0, 0.1) is 0 Å². The van der Waals surface area contributed by atoms with Crippen LogP contribution in [0.2, 0.25) is 0 Å². The van der Waals surface area contributed by atoms with Gasteiger partial charge in [-0.05, 0) is 37.3 Å². The lowest BCUT2D eigenvalue weighted by molar-refractivity contribution is 0.0998. The molecule has 0 aliphatic heterocycles. The molecule has 0 fully saturated rings. The molecule has 5 heteroatoms. The van der Waals surface area contributed by atoms with Crippen molar-refractivity contribution in [1.29, 1.82) is 0 Å². The first kappa shape index (κ1) is 14.5. The number of thiazole rings is 1. The fourth-order valence-electron chi connectivity index (χ4n) is 2.21. The molecular weight excluding hydrogens is 296 g/mol. The van der Waals surface area contributed by atoms with E-state index in [9.17, 15) is 4.79 Å². The van der Waals surface area contributed by atoms with Gasteiger partial charge in [-0.1, -0.05) is 29.5 Å². The lowest BCUT2D eigenvalue weighted by atomic mass is 10.2. The molecule has 0 radical (unpaired) electrons. The highest BCUT2D eigenvalue weighted by Gasteiger charge is 2.07. The topological polar surface area (TPSA) is 43.6 Å². The molecule has 1 aromatic heterocycles. The number of hydrogen-bond acceptors (Lipinski definition) is 3. The molecule has 3 rings (SSSR count). The quantitative estimate of drug-likeness (QED) is 0.744. The highest BCUT2D eigenvalue weighted by molar-refractivity contribution is 7.16. The largest absolute Gasteiger partial charge is 0.494 e. The molecule has 1 heterocycles. The maximum atomic E-state index is 12.2. The third kappa shape index (κ3) is 2.80. The molecule has 1 amide bonds. The second-order valence-corrected chi connectivity index (χ2v) is 5.80. The molecule has 0 aliphatic carbocycles. The van der Waals surface area contributed by atoms with Crippen LogP contribution in [0.3, 0.4) is 0 Å². The molecule has 0 aliphatic rings. The highest BCUT2D eigenvalue weighted by atomic mass is 32.1. The monoisotopic (exact) mass is 312 g/mol. The van der Waals surface area contributed by atoms with Crippen LogP contribution < -0.4 is 9.54 Å². The molecule has 0 bridgehead atoms. The van der Waals surface area contributed by atoms with Crippen LogP contribution in [-0.2, 0) is 7.05 Å². The summed E-state index contributed by atoms with van der Waals surface area (Å²) in [5, 5.41) is 0. The zero-order valence-corrected chi connectivity index (χ0v) is 13.3. The van der Waals surface area contributed by atoms with Gasteiger partial charge in [0.2, 0.25) is 0 Å². The predicted molar refractivity (Wildman–Crippen MR) is 88.3 cm³/mol. The Hall–Kier alpha value is -2.40. The Kier molecular flexibility index (Phi) is 4.06. The Bertz CT molecular complexity index is 879. The van der Waals surface area contributed by atoms with Crippen molar-refractivity contribution in [3.63, 3.8) is 0 Å². The second kappa shape index (κ2) is 6.15. The number of carbonyl (C=O) groups is 1. The summed E-state index contributed by atoms with van der Waals surface area (Å²) < 4.78 is 8.49. The number of aryl methyl sites for hydroxylation is 1. The number of fused-ring (bicyclic) bond motifs is 1. The van der Waals surface area contributed by atoms with Gasteiger partial charge in [0.25, 0.3) is 5.91 Å². The number of nitrogens with zero attached hydrogens (tertiary/aromatic N) is 2. The number of ether oxygens (including phenoxy) is 1. The number of rotatable bonds is 3. The van der Waals surface area contributed by atoms with E-state index in [0.717, 1.165) is 16.0 Å². The third-order valence-corrected chi connectivity index (χ3v) is 4.40. The van der Waals surface area contributed by atoms with Gasteiger partial charge in [0.1, 0.15) is 5.75 Å². The molecule has 112 valence electrons. The normalized spacial score (nSPS) is 11.8. The van der Waals surface area contributed by atoms with Gasteiger partial charge in [-0.2, -0.15) is 4.99 Å². The van der Waals surface area contributed by atoms with Crippen molar-refractivity contribution in [3.05, 3.63) is 58.9 Å². The van der Waals surface area contributed by atoms with Crippen LogP contribution in [0.15, 0.2) is 53.5 Å². The van der Waals surface area contributed by atoms with E-state index in [0.29, 0.717) is 17.0 Å². The van der Waals surface area contributed by atoms with Crippen molar-refractivity contribution < 1.29 is 9.53 Å². The van der Waals surface area contributed by atoms with Gasteiger partial charge in [-0.25, -0.2) is 0 Å². The summed E-state index contributed by atoms with van der Waals surface area (Å²) >= 11 is 1.48. The summed E-state index contributed by atoms with van der Waals surface area (Å²) in [5.41, 5.74) is 1.63. The average Bonchev–Trinajstić information content (AvgIpc) is 2.84. The lowest BCUT2D eigenvalue weighted by Gasteiger charge is -2.02. The summed E-state index contributed by atoms with van der Waals surface area (Å²) in [4.78, 5) is 17.1. The molecule has 0 atom stereocenters. The third-order valence-electron chi connectivity index (χ3n) is 3.31. The van der Waals surface area contributed by atoms with Gasteiger partial charge in [0.15, 0.2) is 4.80 Å². The molecule has 22 heavy (non-hydrogen) atoms. The van der Waals surface area contributed by atoms with E-state index in [1.165, 1.54) is 11.3 Å².